The van der Waals surface area contributed by atoms with Gasteiger partial charge in [0.05, 0.1) is 12.9 Å². The van der Waals surface area contributed by atoms with Crippen molar-refractivity contribution in [1.82, 2.24) is 10.9 Å². The van der Waals surface area contributed by atoms with Gasteiger partial charge in [-0.2, -0.15) is 0 Å². The Hall–Kier alpha value is -2.25. The number of ether oxygens (including phenoxy) is 1. The van der Waals surface area contributed by atoms with E-state index in [-0.39, 0.29) is 11.7 Å². The average Bonchev–Trinajstić information content (AvgIpc) is 2.65. The summed E-state index contributed by atoms with van der Waals surface area (Å²) < 4.78 is 5.11. The Kier molecular flexibility index (Phi) is 7.74. The first-order valence-electron chi connectivity index (χ1n) is 8.20. The summed E-state index contributed by atoms with van der Waals surface area (Å²) in [5.41, 5.74) is 7.43. The summed E-state index contributed by atoms with van der Waals surface area (Å²) in [7, 11) is 1.62. The predicted molar refractivity (Wildman–Crippen MR) is 112 cm³/mol. The molecular weight excluding hydrogens is 366 g/mol. The molecule has 138 valence electrons. The van der Waals surface area contributed by atoms with Crippen molar-refractivity contribution in [1.29, 1.82) is 0 Å². The molecule has 2 aromatic carbocycles. The molecule has 0 bridgehead atoms. The predicted octanol–water partition coefficient (Wildman–Crippen LogP) is 3.93. The minimum Gasteiger partial charge on any atom is -0.497 e. The average molecular weight is 390 g/mol. The molecule has 0 atom stereocenters. The van der Waals surface area contributed by atoms with Crippen LogP contribution in [0.2, 0.25) is 0 Å². The molecule has 0 fully saturated rings. The van der Waals surface area contributed by atoms with Crippen LogP contribution < -0.4 is 20.9 Å². The molecule has 0 aliphatic carbocycles. The number of carbonyl (C=O) groups is 1. The van der Waals surface area contributed by atoms with Gasteiger partial charge in [0.2, 0.25) is 5.91 Å². The zero-order chi connectivity index (χ0) is 18.9. The van der Waals surface area contributed by atoms with Crippen LogP contribution in [0.4, 0.5) is 5.69 Å². The summed E-state index contributed by atoms with van der Waals surface area (Å²) in [4.78, 5) is 12.9. The fourth-order valence-electron chi connectivity index (χ4n) is 2.10. The Balaban J connectivity index is 1.71. The first kappa shape index (κ1) is 20.1. The van der Waals surface area contributed by atoms with Crippen molar-refractivity contribution in [3.8, 4) is 5.75 Å². The molecule has 5 nitrogen and oxygen atoms in total. The molecule has 0 radical (unpaired) electrons. The molecule has 0 spiro atoms. The van der Waals surface area contributed by atoms with Crippen LogP contribution in [0.1, 0.15) is 25.3 Å². The Morgan fingerprint density at radius 2 is 1.73 bits per heavy atom. The van der Waals surface area contributed by atoms with Crippen molar-refractivity contribution in [2.24, 2.45) is 0 Å². The number of thiocarbonyl (C=S) groups is 1. The molecule has 0 aliphatic heterocycles. The van der Waals surface area contributed by atoms with Gasteiger partial charge in [-0.3, -0.25) is 15.6 Å². The van der Waals surface area contributed by atoms with Crippen LogP contribution in [0.25, 0.3) is 0 Å². The molecule has 2 aromatic rings. The highest BCUT2D eigenvalue weighted by Crippen LogP contribution is 2.21. The molecule has 7 heteroatoms. The smallest absolute Gasteiger partial charge is 0.248 e. The summed E-state index contributed by atoms with van der Waals surface area (Å²) in [6.45, 7) is 4.29. The lowest BCUT2D eigenvalue weighted by molar-refractivity contribution is -0.119. The number of hydrazine groups is 1. The number of thioether (sulfide) groups is 1. The number of benzene rings is 2. The van der Waals surface area contributed by atoms with Crippen molar-refractivity contribution in [3.05, 3.63) is 54.1 Å². The summed E-state index contributed by atoms with van der Waals surface area (Å²) in [5, 5.41) is 3.37. The lowest BCUT2D eigenvalue weighted by Crippen LogP contribution is -2.44. The monoisotopic (exact) mass is 389 g/mol. The number of hydrogen-bond donors (Lipinski definition) is 3. The van der Waals surface area contributed by atoms with Gasteiger partial charge in [-0.25, -0.2) is 0 Å². The van der Waals surface area contributed by atoms with Crippen LogP contribution in [0.5, 0.6) is 5.75 Å². The lowest BCUT2D eigenvalue weighted by Gasteiger charge is -2.12. The Morgan fingerprint density at radius 3 is 2.31 bits per heavy atom. The standard InChI is InChI=1S/C19H23N3O2S2/c1-13(2)14-4-6-15(7-5-14)20-19(25)22-21-18(23)12-26-17-10-8-16(24-3)9-11-17/h4-11,13H,12H2,1-3H3,(H,21,23)(H2,20,22,25). The van der Waals surface area contributed by atoms with Crippen LogP contribution in [0.3, 0.4) is 0 Å². The third kappa shape index (κ3) is 6.57. The third-order valence-corrected chi connectivity index (χ3v) is 4.80. The summed E-state index contributed by atoms with van der Waals surface area (Å²) in [6, 6.07) is 15.6. The Morgan fingerprint density at radius 1 is 1.08 bits per heavy atom. The SMILES string of the molecule is COc1ccc(SCC(=O)NNC(=S)Nc2ccc(C(C)C)cc2)cc1. The zero-order valence-corrected chi connectivity index (χ0v) is 16.7. The second-order valence-electron chi connectivity index (χ2n) is 5.87. The van der Waals surface area contributed by atoms with E-state index < -0.39 is 0 Å². The van der Waals surface area contributed by atoms with Crippen LogP contribution in [-0.4, -0.2) is 23.9 Å². The number of rotatable bonds is 6. The van der Waals surface area contributed by atoms with Crippen LogP contribution in [-0.2, 0) is 4.79 Å². The van der Waals surface area contributed by atoms with Crippen LogP contribution >= 0.6 is 24.0 Å². The molecule has 26 heavy (non-hydrogen) atoms. The molecule has 0 aliphatic rings. The van der Waals surface area contributed by atoms with Gasteiger partial charge in [0, 0.05) is 10.6 Å². The van der Waals surface area contributed by atoms with E-state index in [2.05, 4.69) is 42.1 Å². The van der Waals surface area contributed by atoms with Crippen molar-refractivity contribution in [3.63, 3.8) is 0 Å². The fraction of sp³-hybridized carbons (Fsp3) is 0.263. The highest BCUT2D eigenvalue weighted by Gasteiger charge is 2.05. The number of methoxy groups -OCH3 is 1. The maximum absolute atomic E-state index is 11.9. The second kappa shape index (κ2) is 10.0. The molecular formula is C19H23N3O2S2. The van der Waals surface area contributed by atoms with Crippen molar-refractivity contribution in [2.75, 3.05) is 18.2 Å². The third-order valence-electron chi connectivity index (χ3n) is 3.58. The first-order valence-corrected chi connectivity index (χ1v) is 9.60. The molecule has 1 amide bonds. The topological polar surface area (TPSA) is 62.4 Å². The van der Waals surface area contributed by atoms with Crippen molar-refractivity contribution in [2.45, 2.75) is 24.7 Å². The van der Waals surface area contributed by atoms with E-state index in [0.717, 1.165) is 16.3 Å². The van der Waals surface area contributed by atoms with E-state index in [1.807, 2.05) is 36.4 Å². The normalized spacial score (nSPS) is 10.3. The van der Waals surface area contributed by atoms with Gasteiger partial charge in [0.1, 0.15) is 5.75 Å². The minimum absolute atomic E-state index is 0.162. The minimum atomic E-state index is -0.162. The van der Waals surface area contributed by atoms with E-state index in [9.17, 15) is 4.79 Å². The number of anilines is 1. The Bertz CT molecular complexity index is 731. The number of nitrogens with one attached hydrogen (secondary N) is 3. The maximum atomic E-state index is 11.9. The molecule has 0 saturated heterocycles. The summed E-state index contributed by atoms with van der Waals surface area (Å²) >= 11 is 6.62. The van der Waals surface area contributed by atoms with Gasteiger partial charge in [-0.05, 0) is 60.1 Å². The number of amides is 1. The second-order valence-corrected chi connectivity index (χ2v) is 7.33. The highest BCUT2D eigenvalue weighted by molar-refractivity contribution is 8.00. The number of carbonyl (C=O) groups excluding carboxylic acids is 1. The van der Waals surface area contributed by atoms with Gasteiger partial charge < -0.3 is 10.1 Å². The van der Waals surface area contributed by atoms with Gasteiger partial charge in [-0.1, -0.05) is 26.0 Å². The van der Waals surface area contributed by atoms with E-state index in [0.29, 0.717) is 11.0 Å². The fourth-order valence-corrected chi connectivity index (χ4v) is 2.96. The van der Waals surface area contributed by atoms with Crippen LogP contribution in [0, 0.1) is 0 Å². The lowest BCUT2D eigenvalue weighted by atomic mass is 10.0. The van der Waals surface area contributed by atoms with E-state index in [1.165, 1.54) is 17.3 Å². The van der Waals surface area contributed by atoms with Gasteiger partial charge in [0.15, 0.2) is 5.11 Å². The van der Waals surface area contributed by atoms with Crippen molar-refractivity contribution >= 4 is 40.7 Å². The molecule has 0 unspecified atom stereocenters. The zero-order valence-electron chi connectivity index (χ0n) is 15.0. The van der Waals surface area contributed by atoms with E-state index in [1.54, 1.807) is 7.11 Å². The maximum Gasteiger partial charge on any atom is 0.248 e. The number of hydrogen-bond acceptors (Lipinski definition) is 4. The first-order chi connectivity index (χ1) is 12.5. The molecule has 2 rings (SSSR count). The molecule has 0 saturated carbocycles. The van der Waals surface area contributed by atoms with Gasteiger partial charge in [0.25, 0.3) is 0 Å². The van der Waals surface area contributed by atoms with Gasteiger partial charge in [-0.15, -0.1) is 11.8 Å². The quantitative estimate of drug-likeness (QED) is 0.395. The molecule has 3 N–H and O–H groups in total. The van der Waals surface area contributed by atoms with E-state index >= 15 is 0 Å². The van der Waals surface area contributed by atoms with Gasteiger partial charge >= 0.3 is 0 Å². The Labute approximate surface area is 163 Å². The highest BCUT2D eigenvalue weighted by atomic mass is 32.2. The summed E-state index contributed by atoms with van der Waals surface area (Å²) in [6.07, 6.45) is 0. The summed E-state index contributed by atoms with van der Waals surface area (Å²) in [5.74, 6) is 1.39. The largest absolute Gasteiger partial charge is 0.497 e. The molecule has 0 heterocycles. The van der Waals surface area contributed by atoms with E-state index in [4.69, 9.17) is 17.0 Å². The van der Waals surface area contributed by atoms with Crippen LogP contribution in [0.15, 0.2) is 53.4 Å². The molecule has 0 aromatic heterocycles. The van der Waals surface area contributed by atoms with Crippen molar-refractivity contribution < 1.29 is 9.53 Å².